The maximum absolute atomic E-state index is 12.6. The molecule has 3 aromatic carbocycles. The maximum atomic E-state index is 12.6. The SMILES string of the molecule is Cc1c(Cl)cccc1NC(=O)/C(C#N)=C/c1ccccc1OCc1ccc([N+](=O)[O-])cc1. The van der Waals surface area contributed by atoms with Gasteiger partial charge in [-0.25, -0.2) is 0 Å². The van der Waals surface area contributed by atoms with Gasteiger partial charge in [0.2, 0.25) is 0 Å². The fourth-order valence-corrected chi connectivity index (χ4v) is 3.02. The highest BCUT2D eigenvalue weighted by Gasteiger charge is 2.13. The molecule has 0 spiro atoms. The monoisotopic (exact) mass is 447 g/mol. The normalized spacial score (nSPS) is 10.8. The molecule has 7 nitrogen and oxygen atoms in total. The van der Waals surface area contributed by atoms with Crippen LogP contribution in [0.25, 0.3) is 6.08 Å². The molecule has 32 heavy (non-hydrogen) atoms. The summed E-state index contributed by atoms with van der Waals surface area (Å²) < 4.78 is 5.83. The summed E-state index contributed by atoms with van der Waals surface area (Å²) in [5.74, 6) is -0.103. The number of carbonyl (C=O) groups excluding carboxylic acids is 1. The van der Waals surface area contributed by atoms with Crippen LogP contribution in [0.2, 0.25) is 5.02 Å². The van der Waals surface area contributed by atoms with Gasteiger partial charge < -0.3 is 10.1 Å². The molecule has 1 amide bonds. The molecule has 0 aliphatic carbocycles. The Labute approximate surface area is 189 Å². The zero-order chi connectivity index (χ0) is 23.1. The number of nitro benzene ring substituents is 1. The van der Waals surface area contributed by atoms with Crippen LogP contribution >= 0.6 is 11.6 Å². The number of nitriles is 1. The fraction of sp³-hybridized carbons (Fsp3) is 0.0833. The van der Waals surface area contributed by atoms with Crippen LogP contribution in [0, 0.1) is 28.4 Å². The van der Waals surface area contributed by atoms with Gasteiger partial charge in [0.05, 0.1) is 4.92 Å². The first-order valence-electron chi connectivity index (χ1n) is 9.52. The molecule has 0 fully saturated rings. The van der Waals surface area contributed by atoms with Crippen molar-refractivity contribution in [1.82, 2.24) is 0 Å². The van der Waals surface area contributed by atoms with E-state index in [4.69, 9.17) is 16.3 Å². The summed E-state index contributed by atoms with van der Waals surface area (Å²) in [6.07, 6.45) is 1.44. The van der Waals surface area contributed by atoms with Crippen LogP contribution < -0.4 is 10.1 Å². The number of carbonyl (C=O) groups is 1. The van der Waals surface area contributed by atoms with E-state index in [-0.39, 0.29) is 17.9 Å². The quantitative estimate of drug-likeness (QED) is 0.217. The number of nitrogens with zero attached hydrogens (tertiary/aromatic N) is 2. The van der Waals surface area contributed by atoms with Crippen molar-refractivity contribution in [2.75, 3.05) is 5.32 Å². The van der Waals surface area contributed by atoms with Crippen LogP contribution in [-0.4, -0.2) is 10.8 Å². The Morgan fingerprint density at radius 3 is 2.56 bits per heavy atom. The van der Waals surface area contributed by atoms with Gasteiger partial charge in [0.25, 0.3) is 11.6 Å². The Hall–Kier alpha value is -4.15. The molecule has 3 rings (SSSR count). The van der Waals surface area contributed by atoms with E-state index in [1.807, 2.05) is 6.07 Å². The summed E-state index contributed by atoms with van der Waals surface area (Å²) in [5.41, 5.74) is 2.40. The molecule has 3 aromatic rings. The zero-order valence-electron chi connectivity index (χ0n) is 17.0. The van der Waals surface area contributed by atoms with Crippen molar-refractivity contribution < 1.29 is 14.5 Å². The lowest BCUT2D eigenvalue weighted by Gasteiger charge is -2.11. The number of hydrogen-bond acceptors (Lipinski definition) is 5. The van der Waals surface area contributed by atoms with Gasteiger partial charge in [-0.3, -0.25) is 14.9 Å². The van der Waals surface area contributed by atoms with Gasteiger partial charge in [-0.15, -0.1) is 0 Å². The summed E-state index contributed by atoms with van der Waals surface area (Å²) in [7, 11) is 0. The van der Waals surface area contributed by atoms with Crippen molar-refractivity contribution in [2.24, 2.45) is 0 Å². The first-order valence-corrected chi connectivity index (χ1v) is 9.90. The number of amides is 1. The van der Waals surface area contributed by atoms with E-state index in [0.717, 1.165) is 5.56 Å². The number of halogens is 1. The minimum absolute atomic E-state index is 0.00306. The lowest BCUT2D eigenvalue weighted by Crippen LogP contribution is -2.14. The highest BCUT2D eigenvalue weighted by atomic mass is 35.5. The van der Waals surface area contributed by atoms with E-state index >= 15 is 0 Å². The van der Waals surface area contributed by atoms with Gasteiger partial charge in [0.1, 0.15) is 24.0 Å². The number of nitro groups is 1. The molecule has 0 radical (unpaired) electrons. The number of hydrogen-bond donors (Lipinski definition) is 1. The second-order valence-electron chi connectivity index (χ2n) is 6.79. The van der Waals surface area contributed by atoms with E-state index in [1.165, 1.54) is 18.2 Å². The summed E-state index contributed by atoms with van der Waals surface area (Å²) in [6, 6.07) is 20.0. The number of para-hydroxylation sites is 1. The molecule has 0 aliphatic rings. The van der Waals surface area contributed by atoms with Crippen molar-refractivity contribution in [3.63, 3.8) is 0 Å². The molecule has 0 saturated heterocycles. The Morgan fingerprint density at radius 2 is 1.88 bits per heavy atom. The number of non-ortho nitro benzene ring substituents is 1. The second-order valence-corrected chi connectivity index (χ2v) is 7.19. The summed E-state index contributed by atoms with van der Waals surface area (Å²) in [5, 5.41) is 23.5. The Bertz CT molecular complexity index is 1230. The van der Waals surface area contributed by atoms with Crippen LogP contribution in [0.1, 0.15) is 16.7 Å². The smallest absolute Gasteiger partial charge is 0.269 e. The minimum atomic E-state index is -0.567. The number of anilines is 1. The fourth-order valence-electron chi connectivity index (χ4n) is 2.84. The molecule has 8 heteroatoms. The lowest BCUT2D eigenvalue weighted by atomic mass is 10.1. The Balaban J connectivity index is 1.78. The third-order valence-corrected chi connectivity index (χ3v) is 5.05. The molecule has 0 heterocycles. The molecular formula is C24H18ClN3O4. The predicted octanol–water partition coefficient (Wildman–Crippen LogP) is 5.68. The van der Waals surface area contributed by atoms with E-state index < -0.39 is 10.8 Å². The Morgan fingerprint density at radius 1 is 1.16 bits per heavy atom. The number of ether oxygens (including phenoxy) is 1. The highest BCUT2D eigenvalue weighted by molar-refractivity contribution is 6.31. The third kappa shape index (κ3) is 5.50. The molecule has 0 unspecified atom stereocenters. The molecule has 0 atom stereocenters. The van der Waals surface area contributed by atoms with Gasteiger partial charge in [-0.05, 0) is 54.5 Å². The molecule has 0 aliphatic heterocycles. The number of rotatable bonds is 7. The molecule has 0 saturated carbocycles. The number of nitrogens with one attached hydrogen (secondary N) is 1. The van der Waals surface area contributed by atoms with Crippen molar-refractivity contribution in [1.29, 1.82) is 5.26 Å². The van der Waals surface area contributed by atoms with Gasteiger partial charge in [0, 0.05) is 28.4 Å². The van der Waals surface area contributed by atoms with Crippen molar-refractivity contribution in [3.05, 3.63) is 104 Å². The van der Waals surface area contributed by atoms with E-state index in [2.05, 4.69) is 5.32 Å². The van der Waals surface area contributed by atoms with E-state index in [0.29, 0.717) is 27.6 Å². The van der Waals surface area contributed by atoms with Gasteiger partial charge in [-0.1, -0.05) is 35.9 Å². The first-order chi connectivity index (χ1) is 15.4. The average molecular weight is 448 g/mol. The van der Waals surface area contributed by atoms with Gasteiger partial charge >= 0.3 is 0 Å². The van der Waals surface area contributed by atoms with E-state index in [1.54, 1.807) is 61.5 Å². The second kappa shape index (κ2) is 10.2. The lowest BCUT2D eigenvalue weighted by molar-refractivity contribution is -0.384. The van der Waals surface area contributed by atoms with Crippen LogP contribution in [0.4, 0.5) is 11.4 Å². The molecule has 0 bridgehead atoms. The molecule has 0 aromatic heterocycles. The van der Waals surface area contributed by atoms with Gasteiger partial charge in [-0.2, -0.15) is 5.26 Å². The predicted molar refractivity (Wildman–Crippen MR) is 122 cm³/mol. The van der Waals surface area contributed by atoms with Crippen molar-refractivity contribution in [2.45, 2.75) is 13.5 Å². The van der Waals surface area contributed by atoms with Crippen molar-refractivity contribution >= 4 is 35.0 Å². The van der Waals surface area contributed by atoms with Crippen LogP contribution in [0.15, 0.2) is 72.3 Å². The molecular weight excluding hydrogens is 430 g/mol. The van der Waals surface area contributed by atoms with Gasteiger partial charge in [0.15, 0.2) is 0 Å². The molecule has 1 N–H and O–H groups in total. The summed E-state index contributed by atoms with van der Waals surface area (Å²) in [6.45, 7) is 1.94. The Kier molecular flexibility index (Phi) is 7.21. The summed E-state index contributed by atoms with van der Waals surface area (Å²) in [4.78, 5) is 23.0. The largest absolute Gasteiger partial charge is 0.488 e. The molecule has 160 valence electrons. The van der Waals surface area contributed by atoms with Crippen LogP contribution in [0.5, 0.6) is 5.75 Å². The number of benzene rings is 3. The van der Waals surface area contributed by atoms with Crippen LogP contribution in [-0.2, 0) is 11.4 Å². The summed E-state index contributed by atoms with van der Waals surface area (Å²) >= 11 is 6.09. The third-order valence-electron chi connectivity index (χ3n) is 4.64. The zero-order valence-corrected chi connectivity index (χ0v) is 17.8. The first kappa shape index (κ1) is 22.5. The average Bonchev–Trinajstić information content (AvgIpc) is 2.80. The topological polar surface area (TPSA) is 105 Å². The van der Waals surface area contributed by atoms with Crippen molar-refractivity contribution in [3.8, 4) is 11.8 Å². The van der Waals surface area contributed by atoms with E-state index in [9.17, 15) is 20.2 Å². The minimum Gasteiger partial charge on any atom is -0.488 e. The highest BCUT2D eigenvalue weighted by Crippen LogP contribution is 2.25. The van der Waals surface area contributed by atoms with Crippen LogP contribution in [0.3, 0.4) is 0 Å². The standard InChI is InChI=1S/C24H18ClN3O4/c1-16-21(25)6-4-7-22(16)27-24(29)19(14-26)13-18-5-2-3-8-23(18)32-15-17-9-11-20(12-10-17)28(30)31/h2-13H,15H2,1H3,(H,27,29)/b19-13+. The maximum Gasteiger partial charge on any atom is 0.269 e.